The van der Waals surface area contributed by atoms with Crippen LogP contribution in [0.3, 0.4) is 0 Å². The van der Waals surface area contributed by atoms with Gasteiger partial charge in [-0.25, -0.2) is 4.39 Å². The SMILES string of the molecule is CC(=O)Oc1cccc(-c2ccc(F)cc2Cl)c1. The molecule has 0 heterocycles. The van der Waals surface area contributed by atoms with Crippen molar-refractivity contribution >= 4 is 17.6 Å². The second kappa shape index (κ2) is 5.19. The maximum Gasteiger partial charge on any atom is 0.308 e. The van der Waals surface area contributed by atoms with E-state index in [1.54, 1.807) is 24.3 Å². The van der Waals surface area contributed by atoms with Crippen LogP contribution in [0.15, 0.2) is 42.5 Å². The van der Waals surface area contributed by atoms with Crippen molar-refractivity contribution in [3.63, 3.8) is 0 Å². The molecule has 0 aromatic heterocycles. The Bertz CT molecular complexity index is 596. The molecule has 0 unspecified atom stereocenters. The number of hydrogen-bond acceptors (Lipinski definition) is 2. The smallest absolute Gasteiger partial charge is 0.308 e. The summed E-state index contributed by atoms with van der Waals surface area (Å²) >= 11 is 5.97. The lowest BCUT2D eigenvalue weighted by molar-refractivity contribution is -0.131. The van der Waals surface area contributed by atoms with Gasteiger partial charge in [0.2, 0.25) is 0 Å². The van der Waals surface area contributed by atoms with Crippen LogP contribution in [-0.2, 0) is 4.79 Å². The van der Waals surface area contributed by atoms with E-state index in [0.717, 1.165) is 5.56 Å². The third-order valence-corrected chi connectivity index (χ3v) is 2.65. The summed E-state index contributed by atoms with van der Waals surface area (Å²) in [5, 5.41) is 0.315. The zero-order valence-electron chi connectivity index (χ0n) is 9.61. The van der Waals surface area contributed by atoms with Crippen molar-refractivity contribution in [2.24, 2.45) is 0 Å². The number of ether oxygens (including phenoxy) is 1. The molecule has 0 aliphatic rings. The molecule has 0 bridgehead atoms. The van der Waals surface area contributed by atoms with Crippen molar-refractivity contribution in [3.05, 3.63) is 53.3 Å². The van der Waals surface area contributed by atoms with Crippen molar-refractivity contribution in [2.45, 2.75) is 6.92 Å². The highest BCUT2D eigenvalue weighted by Crippen LogP contribution is 2.30. The van der Waals surface area contributed by atoms with Gasteiger partial charge in [0.25, 0.3) is 0 Å². The molecule has 0 fully saturated rings. The fraction of sp³-hybridized carbons (Fsp3) is 0.0714. The number of esters is 1. The van der Waals surface area contributed by atoms with Gasteiger partial charge in [-0.1, -0.05) is 23.7 Å². The highest BCUT2D eigenvalue weighted by molar-refractivity contribution is 6.33. The van der Waals surface area contributed by atoms with Gasteiger partial charge < -0.3 is 4.74 Å². The fourth-order valence-electron chi connectivity index (χ4n) is 1.62. The standard InChI is InChI=1S/C14H10ClFO2/c1-9(17)18-12-4-2-3-10(7-12)13-6-5-11(16)8-14(13)15/h2-8H,1H3. The van der Waals surface area contributed by atoms with E-state index in [1.807, 2.05) is 6.07 Å². The van der Waals surface area contributed by atoms with Gasteiger partial charge in [-0.05, 0) is 35.9 Å². The normalized spacial score (nSPS) is 10.2. The van der Waals surface area contributed by atoms with E-state index in [4.69, 9.17) is 16.3 Å². The molecule has 92 valence electrons. The maximum absolute atomic E-state index is 13.0. The summed E-state index contributed by atoms with van der Waals surface area (Å²) in [5.41, 5.74) is 1.45. The quantitative estimate of drug-likeness (QED) is 0.604. The van der Waals surface area contributed by atoms with E-state index in [1.165, 1.54) is 19.1 Å². The van der Waals surface area contributed by atoms with Crippen LogP contribution in [-0.4, -0.2) is 5.97 Å². The summed E-state index contributed by atoms with van der Waals surface area (Å²) in [7, 11) is 0. The summed E-state index contributed by atoms with van der Waals surface area (Å²) < 4.78 is 17.9. The third-order valence-electron chi connectivity index (χ3n) is 2.34. The van der Waals surface area contributed by atoms with Gasteiger partial charge in [0.05, 0.1) is 5.02 Å². The van der Waals surface area contributed by atoms with Gasteiger partial charge in [0.15, 0.2) is 0 Å². The molecule has 2 aromatic rings. The van der Waals surface area contributed by atoms with E-state index < -0.39 is 5.97 Å². The van der Waals surface area contributed by atoms with Crippen LogP contribution < -0.4 is 4.74 Å². The van der Waals surface area contributed by atoms with Crippen LogP contribution >= 0.6 is 11.6 Å². The average Bonchev–Trinajstić information content (AvgIpc) is 2.28. The summed E-state index contributed by atoms with van der Waals surface area (Å²) in [4.78, 5) is 10.9. The molecule has 0 radical (unpaired) electrons. The number of benzene rings is 2. The first kappa shape index (κ1) is 12.6. The van der Waals surface area contributed by atoms with Crippen LogP contribution in [0.2, 0.25) is 5.02 Å². The van der Waals surface area contributed by atoms with Gasteiger partial charge in [0, 0.05) is 12.5 Å². The molecule has 4 heteroatoms. The van der Waals surface area contributed by atoms with Crippen LogP contribution in [0.25, 0.3) is 11.1 Å². The van der Waals surface area contributed by atoms with Gasteiger partial charge in [-0.15, -0.1) is 0 Å². The van der Waals surface area contributed by atoms with Crippen LogP contribution in [0.5, 0.6) is 5.75 Å². The molecular formula is C14H10ClFO2. The predicted octanol–water partition coefficient (Wildman–Crippen LogP) is 4.07. The van der Waals surface area contributed by atoms with Gasteiger partial charge in [-0.3, -0.25) is 4.79 Å². The molecule has 2 aromatic carbocycles. The Balaban J connectivity index is 2.41. The first-order valence-electron chi connectivity index (χ1n) is 5.30. The number of carbonyl (C=O) groups excluding carboxylic acids is 1. The van der Waals surface area contributed by atoms with Crippen molar-refractivity contribution in [3.8, 4) is 16.9 Å². The van der Waals surface area contributed by atoms with Crippen molar-refractivity contribution in [1.82, 2.24) is 0 Å². The van der Waals surface area contributed by atoms with E-state index in [-0.39, 0.29) is 5.82 Å². The molecular weight excluding hydrogens is 255 g/mol. The second-order valence-electron chi connectivity index (χ2n) is 3.75. The van der Waals surface area contributed by atoms with E-state index >= 15 is 0 Å². The number of rotatable bonds is 2. The lowest BCUT2D eigenvalue weighted by Crippen LogP contribution is -2.01. The topological polar surface area (TPSA) is 26.3 Å². The molecule has 0 aliphatic carbocycles. The van der Waals surface area contributed by atoms with Gasteiger partial charge >= 0.3 is 5.97 Å². The minimum absolute atomic E-state index is 0.315. The van der Waals surface area contributed by atoms with E-state index in [9.17, 15) is 9.18 Å². The molecule has 0 saturated heterocycles. The minimum atomic E-state index is -0.391. The third kappa shape index (κ3) is 2.87. The van der Waals surface area contributed by atoms with Crippen molar-refractivity contribution in [1.29, 1.82) is 0 Å². The maximum atomic E-state index is 13.0. The van der Waals surface area contributed by atoms with Gasteiger partial charge in [0.1, 0.15) is 11.6 Å². The van der Waals surface area contributed by atoms with Crippen molar-refractivity contribution in [2.75, 3.05) is 0 Å². The highest BCUT2D eigenvalue weighted by Gasteiger charge is 2.06. The Kier molecular flexibility index (Phi) is 3.63. The number of carbonyl (C=O) groups is 1. The number of halogens is 2. The van der Waals surface area contributed by atoms with E-state index in [2.05, 4.69) is 0 Å². The Labute approximate surface area is 109 Å². The Hall–Kier alpha value is -1.87. The van der Waals surface area contributed by atoms with Gasteiger partial charge in [-0.2, -0.15) is 0 Å². The molecule has 0 spiro atoms. The summed E-state index contributed by atoms with van der Waals surface area (Å²) in [6, 6.07) is 11.1. The Morgan fingerprint density at radius 3 is 2.67 bits per heavy atom. The van der Waals surface area contributed by atoms with Crippen LogP contribution in [0.1, 0.15) is 6.92 Å². The first-order valence-corrected chi connectivity index (χ1v) is 5.68. The average molecular weight is 265 g/mol. The molecule has 0 N–H and O–H groups in total. The minimum Gasteiger partial charge on any atom is -0.427 e. The largest absolute Gasteiger partial charge is 0.427 e. The highest BCUT2D eigenvalue weighted by atomic mass is 35.5. The molecule has 0 saturated carbocycles. The summed E-state index contributed by atoms with van der Waals surface area (Å²) in [6.45, 7) is 1.33. The zero-order valence-corrected chi connectivity index (χ0v) is 10.4. The predicted molar refractivity (Wildman–Crippen MR) is 68.2 cm³/mol. The monoisotopic (exact) mass is 264 g/mol. The zero-order chi connectivity index (χ0) is 13.1. The molecule has 2 nitrogen and oxygen atoms in total. The molecule has 18 heavy (non-hydrogen) atoms. The lowest BCUT2D eigenvalue weighted by Gasteiger charge is -2.07. The van der Waals surface area contributed by atoms with Crippen LogP contribution in [0, 0.1) is 5.82 Å². The molecule has 2 rings (SSSR count). The van der Waals surface area contributed by atoms with E-state index in [0.29, 0.717) is 16.3 Å². The molecule has 0 atom stereocenters. The summed E-state index contributed by atoms with van der Waals surface area (Å²) in [5.74, 6) is -0.349. The molecule has 0 aliphatic heterocycles. The lowest BCUT2D eigenvalue weighted by atomic mass is 10.1. The Morgan fingerprint density at radius 1 is 1.22 bits per heavy atom. The first-order chi connectivity index (χ1) is 8.56. The Morgan fingerprint density at radius 2 is 2.00 bits per heavy atom. The second-order valence-corrected chi connectivity index (χ2v) is 4.15. The summed E-state index contributed by atoms with van der Waals surface area (Å²) in [6.07, 6.45) is 0. The molecule has 0 amide bonds. The van der Waals surface area contributed by atoms with Crippen molar-refractivity contribution < 1.29 is 13.9 Å². The number of hydrogen-bond donors (Lipinski definition) is 0. The fourth-order valence-corrected chi connectivity index (χ4v) is 1.89. The van der Waals surface area contributed by atoms with Crippen LogP contribution in [0.4, 0.5) is 4.39 Å².